The third-order valence-electron chi connectivity index (χ3n) is 3.25. The molecule has 4 heteroatoms. The maximum atomic E-state index is 9.44. The first-order chi connectivity index (χ1) is 8.12. The number of para-hydroxylation sites is 1. The third-order valence-corrected chi connectivity index (χ3v) is 3.25. The lowest BCUT2D eigenvalue weighted by molar-refractivity contribution is 0.132. The number of benzene rings is 1. The van der Waals surface area contributed by atoms with Gasteiger partial charge in [0.25, 0.3) is 0 Å². The van der Waals surface area contributed by atoms with Gasteiger partial charge in [0, 0.05) is 12.2 Å². The van der Waals surface area contributed by atoms with E-state index in [-0.39, 0.29) is 13.2 Å². The third kappa shape index (κ3) is 2.97. The second-order valence-electron chi connectivity index (χ2n) is 4.39. The van der Waals surface area contributed by atoms with E-state index in [1.807, 2.05) is 32.0 Å². The average molecular weight is 238 g/mol. The molecule has 0 saturated heterocycles. The van der Waals surface area contributed by atoms with Crippen LogP contribution in [0.15, 0.2) is 18.2 Å². The minimum Gasteiger partial charge on any atom is -0.394 e. The van der Waals surface area contributed by atoms with Crippen LogP contribution >= 0.6 is 0 Å². The van der Waals surface area contributed by atoms with Gasteiger partial charge in [-0.2, -0.15) is 0 Å². The van der Waals surface area contributed by atoms with Gasteiger partial charge in [-0.05, 0) is 24.5 Å². The minimum atomic E-state index is -0.684. The highest BCUT2D eigenvalue weighted by atomic mass is 16.3. The monoisotopic (exact) mass is 238 g/mol. The molecule has 5 N–H and O–H groups in total. The molecule has 1 aromatic rings. The average Bonchev–Trinajstić information content (AvgIpc) is 2.38. The van der Waals surface area contributed by atoms with Crippen LogP contribution < -0.4 is 11.1 Å². The molecule has 1 rings (SSSR count). The molecule has 0 aromatic heterocycles. The Morgan fingerprint density at radius 3 is 2.41 bits per heavy atom. The fraction of sp³-hybridized carbons (Fsp3) is 0.538. The van der Waals surface area contributed by atoms with Gasteiger partial charge >= 0.3 is 0 Å². The molecule has 4 nitrogen and oxygen atoms in total. The normalized spacial score (nSPS) is 11.6. The Kier molecular flexibility index (Phi) is 4.93. The predicted octanol–water partition coefficient (Wildman–Crippen LogP) is 0.999. The van der Waals surface area contributed by atoms with Gasteiger partial charge in [0.1, 0.15) is 0 Å². The van der Waals surface area contributed by atoms with Gasteiger partial charge in [-0.1, -0.05) is 25.1 Å². The number of anilines is 1. The van der Waals surface area contributed by atoms with Crippen LogP contribution in [0.4, 0.5) is 5.69 Å². The van der Waals surface area contributed by atoms with E-state index in [1.54, 1.807) is 0 Å². The van der Waals surface area contributed by atoms with Crippen molar-refractivity contribution in [3.8, 4) is 0 Å². The summed E-state index contributed by atoms with van der Waals surface area (Å²) in [6, 6.07) is 5.88. The van der Waals surface area contributed by atoms with E-state index >= 15 is 0 Å². The molecule has 0 aliphatic rings. The molecule has 0 radical (unpaired) electrons. The summed E-state index contributed by atoms with van der Waals surface area (Å²) in [4.78, 5) is 0. The van der Waals surface area contributed by atoms with Crippen molar-refractivity contribution in [2.75, 3.05) is 18.5 Å². The van der Waals surface area contributed by atoms with Gasteiger partial charge in [0.15, 0.2) is 0 Å². The lowest BCUT2D eigenvalue weighted by atomic mass is 9.96. The molecule has 0 bridgehead atoms. The van der Waals surface area contributed by atoms with Crippen LogP contribution in [0, 0.1) is 6.92 Å². The van der Waals surface area contributed by atoms with Crippen molar-refractivity contribution in [3.05, 3.63) is 29.3 Å². The van der Waals surface area contributed by atoms with Crippen molar-refractivity contribution in [1.82, 2.24) is 0 Å². The molecule has 0 aliphatic carbocycles. The van der Waals surface area contributed by atoms with E-state index in [1.165, 1.54) is 0 Å². The summed E-state index contributed by atoms with van der Waals surface area (Å²) < 4.78 is 0. The number of aryl methyl sites for hydroxylation is 1. The van der Waals surface area contributed by atoms with Crippen molar-refractivity contribution in [2.45, 2.75) is 32.4 Å². The Labute approximate surface area is 102 Å². The Morgan fingerprint density at radius 1 is 1.29 bits per heavy atom. The largest absolute Gasteiger partial charge is 0.394 e. The molecule has 0 saturated carbocycles. The second-order valence-corrected chi connectivity index (χ2v) is 4.39. The van der Waals surface area contributed by atoms with E-state index in [4.69, 9.17) is 5.73 Å². The summed E-state index contributed by atoms with van der Waals surface area (Å²) in [5.41, 5.74) is 7.98. The molecular formula is C13H22N2O2. The van der Waals surface area contributed by atoms with E-state index in [0.29, 0.717) is 13.0 Å². The van der Waals surface area contributed by atoms with Crippen LogP contribution in [0.25, 0.3) is 0 Å². The van der Waals surface area contributed by atoms with Crippen LogP contribution in [0.2, 0.25) is 0 Å². The Balaban J connectivity index is 3.08. The maximum Gasteiger partial charge on any atom is 0.0832 e. The lowest BCUT2D eigenvalue weighted by Gasteiger charge is -2.32. The van der Waals surface area contributed by atoms with Crippen molar-refractivity contribution in [2.24, 2.45) is 5.73 Å². The van der Waals surface area contributed by atoms with Crippen LogP contribution in [0.1, 0.15) is 24.5 Å². The second kappa shape index (κ2) is 6.00. The zero-order valence-electron chi connectivity index (χ0n) is 10.5. The fourth-order valence-electron chi connectivity index (χ4n) is 1.78. The summed E-state index contributed by atoms with van der Waals surface area (Å²) in [5.74, 6) is 0. The van der Waals surface area contributed by atoms with Crippen LogP contribution in [0.5, 0.6) is 0 Å². The standard InChI is InChI=1S/C13H22N2O2/c1-3-13(8-16,9-17)15-12-10(2)5-4-6-11(12)7-14/h4-6,15-17H,3,7-9,14H2,1-2H3. The fourth-order valence-corrected chi connectivity index (χ4v) is 1.78. The molecule has 0 fully saturated rings. The van der Waals surface area contributed by atoms with Crippen molar-refractivity contribution < 1.29 is 10.2 Å². The van der Waals surface area contributed by atoms with E-state index in [2.05, 4.69) is 5.32 Å². The van der Waals surface area contributed by atoms with E-state index in [0.717, 1.165) is 16.8 Å². The van der Waals surface area contributed by atoms with E-state index in [9.17, 15) is 10.2 Å². The maximum absolute atomic E-state index is 9.44. The smallest absolute Gasteiger partial charge is 0.0832 e. The van der Waals surface area contributed by atoms with Crippen molar-refractivity contribution in [3.63, 3.8) is 0 Å². The molecular weight excluding hydrogens is 216 g/mol. The van der Waals surface area contributed by atoms with Gasteiger partial charge in [-0.3, -0.25) is 0 Å². The molecule has 96 valence electrons. The molecule has 0 amide bonds. The number of aliphatic hydroxyl groups excluding tert-OH is 2. The van der Waals surface area contributed by atoms with Crippen molar-refractivity contribution >= 4 is 5.69 Å². The summed E-state index contributed by atoms with van der Waals surface area (Å²) in [6.07, 6.45) is 0.637. The van der Waals surface area contributed by atoms with Gasteiger partial charge in [-0.15, -0.1) is 0 Å². The first-order valence-corrected chi connectivity index (χ1v) is 5.91. The van der Waals surface area contributed by atoms with Crippen molar-refractivity contribution in [1.29, 1.82) is 0 Å². The molecule has 1 aromatic carbocycles. The van der Waals surface area contributed by atoms with Crippen LogP contribution in [0.3, 0.4) is 0 Å². The number of rotatable bonds is 6. The Hall–Kier alpha value is -1.10. The quantitative estimate of drug-likeness (QED) is 0.596. The molecule has 0 heterocycles. The lowest BCUT2D eigenvalue weighted by Crippen LogP contribution is -2.45. The summed E-state index contributed by atoms with van der Waals surface area (Å²) in [7, 11) is 0. The molecule has 0 atom stereocenters. The zero-order chi connectivity index (χ0) is 12.9. The number of aliphatic hydroxyl groups is 2. The topological polar surface area (TPSA) is 78.5 Å². The highest BCUT2D eigenvalue weighted by Crippen LogP contribution is 2.25. The highest BCUT2D eigenvalue weighted by Gasteiger charge is 2.27. The van der Waals surface area contributed by atoms with Gasteiger partial charge in [-0.25, -0.2) is 0 Å². The number of nitrogens with one attached hydrogen (secondary N) is 1. The molecule has 17 heavy (non-hydrogen) atoms. The highest BCUT2D eigenvalue weighted by molar-refractivity contribution is 5.58. The van der Waals surface area contributed by atoms with Crippen LogP contribution in [-0.2, 0) is 6.54 Å². The molecule has 0 aliphatic heterocycles. The summed E-state index contributed by atoms with van der Waals surface area (Å²) in [5, 5.41) is 22.1. The van der Waals surface area contributed by atoms with Gasteiger partial charge in [0.2, 0.25) is 0 Å². The first kappa shape index (κ1) is 14.0. The van der Waals surface area contributed by atoms with E-state index < -0.39 is 5.54 Å². The first-order valence-electron chi connectivity index (χ1n) is 5.91. The SMILES string of the molecule is CCC(CO)(CO)Nc1c(C)cccc1CN. The Morgan fingerprint density at radius 2 is 1.94 bits per heavy atom. The summed E-state index contributed by atoms with van der Waals surface area (Å²) in [6.45, 7) is 4.12. The van der Waals surface area contributed by atoms with Gasteiger partial charge < -0.3 is 21.3 Å². The Bertz CT molecular complexity index is 354. The number of hydrogen-bond donors (Lipinski definition) is 4. The summed E-state index contributed by atoms with van der Waals surface area (Å²) >= 11 is 0. The number of hydrogen-bond acceptors (Lipinski definition) is 4. The minimum absolute atomic E-state index is 0.113. The molecule has 0 unspecified atom stereocenters. The number of nitrogens with two attached hydrogens (primary N) is 1. The molecule has 0 spiro atoms. The van der Waals surface area contributed by atoms with Gasteiger partial charge in [0.05, 0.1) is 18.8 Å². The predicted molar refractivity (Wildman–Crippen MR) is 69.9 cm³/mol. The zero-order valence-corrected chi connectivity index (χ0v) is 10.5. The van der Waals surface area contributed by atoms with Crippen LogP contribution in [-0.4, -0.2) is 29.0 Å².